The van der Waals surface area contributed by atoms with Crippen molar-refractivity contribution in [3.05, 3.63) is 42.5 Å². The molecular weight excluding hydrogens is 398 g/mol. The molecule has 0 bridgehead atoms. The summed E-state index contributed by atoms with van der Waals surface area (Å²) in [5.41, 5.74) is 0.718. The highest BCUT2D eigenvalue weighted by Gasteiger charge is 2.26. The van der Waals surface area contributed by atoms with Gasteiger partial charge in [0.1, 0.15) is 18.1 Å². The van der Waals surface area contributed by atoms with E-state index in [0.717, 1.165) is 49.9 Å². The molecule has 2 aromatic carbocycles. The standard InChI is InChI=1S/C23H29N3O5/c1-17(23(27)24-18-3-8-21-22(15-18)31-16-30-21)26-11-9-25(10-12-26)13-14-29-20-6-4-19(28-2)5-7-20/h3-8,15,17H,9-14,16H2,1-2H3,(H,24,27)/t17-/m0/s1. The van der Waals surface area contributed by atoms with Crippen molar-refractivity contribution in [3.8, 4) is 23.0 Å². The van der Waals surface area contributed by atoms with Gasteiger partial charge in [-0.3, -0.25) is 14.6 Å². The van der Waals surface area contributed by atoms with E-state index in [1.165, 1.54) is 0 Å². The third-order valence-electron chi connectivity index (χ3n) is 5.71. The summed E-state index contributed by atoms with van der Waals surface area (Å²) in [6.07, 6.45) is 0. The first-order valence-electron chi connectivity index (χ1n) is 10.6. The zero-order valence-corrected chi connectivity index (χ0v) is 18.0. The van der Waals surface area contributed by atoms with Crippen molar-refractivity contribution in [3.63, 3.8) is 0 Å². The number of nitrogens with zero attached hydrogens (tertiary/aromatic N) is 2. The minimum atomic E-state index is -0.205. The maximum Gasteiger partial charge on any atom is 0.241 e. The van der Waals surface area contributed by atoms with E-state index in [1.807, 2.05) is 43.3 Å². The number of fused-ring (bicyclic) bond motifs is 1. The first-order valence-corrected chi connectivity index (χ1v) is 10.6. The van der Waals surface area contributed by atoms with Crippen LogP contribution in [-0.4, -0.2) is 75.0 Å². The molecule has 0 aliphatic carbocycles. The fraction of sp³-hybridized carbons (Fsp3) is 0.435. The molecule has 8 nitrogen and oxygen atoms in total. The number of methoxy groups -OCH3 is 1. The molecule has 1 atom stereocenters. The molecule has 0 unspecified atom stereocenters. The van der Waals surface area contributed by atoms with Crippen LogP contribution < -0.4 is 24.3 Å². The van der Waals surface area contributed by atoms with E-state index in [4.69, 9.17) is 18.9 Å². The average Bonchev–Trinajstić information content (AvgIpc) is 3.27. The molecule has 1 saturated heterocycles. The summed E-state index contributed by atoms with van der Waals surface area (Å²) in [7, 11) is 1.65. The van der Waals surface area contributed by atoms with Crippen LogP contribution in [0.1, 0.15) is 6.92 Å². The van der Waals surface area contributed by atoms with Crippen LogP contribution in [0.5, 0.6) is 23.0 Å². The SMILES string of the molecule is COc1ccc(OCCN2CCN([C@@H](C)C(=O)Nc3ccc4c(c3)OCO4)CC2)cc1. The maximum atomic E-state index is 12.7. The van der Waals surface area contributed by atoms with Gasteiger partial charge in [-0.05, 0) is 43.3 Å². The Balaban J connectivity index is 1.18. The number of nitrogens with one attached hydrogen (secondary N) is 1. The van der Waals surface area contributed by atoms with Crippen molar-refractivity contribution in [1.82, 2.24) is 9.80 Å². The summed E-state index contributed by atoms with van der Waals surface area (Å²) in [4.78, 5) is 17.3. The number of hydrogen-bond acceptors (Lipinski definition) is 7. The normalized spacial score (nSPS) is 17.2. The van der Waals surface area contributed by atoms with Crippen LogP contribution in [0.15, 0.2) is 42.5 Å². The summed E-state index contributed by atoms with van der Waals surface area (Å²) in [6.45, 7) is 7.17. The lowest BCUT2D eigenvalue weighted by molar-refractivity contribution is -0.121. The Labute approximate surface area is 182 Å². The van der Waals surface area contributed by atoms with Gasteiger partial charge in [-0.25, -0.2) is 0 Å². The molecule has 2 aliphatic rings. The van der Waals surface area contributed by atoms with Gasteiger partial charge in [0.15, 0.2) is 11.5 Å². The molecular formula is C23H29N3O5. The van der Waals surface area contributed by atoms with Crippen molar-refractivity contribution >= 4 is 11.6 Å². The lowest BCUT2D eigenvalue weighted by atomic mass is 10.2. The van der Waals surface area contributed by atoms with Crippen LogP contribution >= 0.6 is 0 Å². The molecule has 1 N–H and O–H groups in total. The van der Waals surface area contributed by atoms with Crippen LogP contribution in [0, 0.1) is 0 Å². The van der Waals surface area contributed by atoms with E-state index >= 15 is 0 Å². The minimum absolute atomic E-state index is 0.0184. The monoisotopic (exact) mass is 427 g/mol. The van der Waals surface area contributed by atoms with Crippen LogP contribution in [0.4, 0.5) is 5.69 Å². The lowest BCUT2D eigenvalue weighted by Gasteiger charge is -2.37. The number of carbonyl (C=O) groups excluding carboxylic acids is 1. The van der Waals surface area contributed by atoms with Crippen molar-refractivity contribution in [2.24, 2.45) is 0 Å². The zero-order valence-electron chi connectivity index (χ0n) is 18.0. The van der Waals surface area contributed by atoms with E-state index in [2.05, 4.69) is 15.1 Å². The number of anilines is 1. The Bertz CT molecular complexity index is 881. The van der Waals surface area contributed by atoms with Crippen LogP contribution in [0.3, 0.4) is 0 Å². The summed E-state index contributed by atoms with van der Waals surface area (Å²) in [5, 5.41) is 2.98. The number of hydrogen-bond donors (Lipinski definition) is 1. The van der Waals surface area contributed by atoms with Gasteiger partial charge in [0.2, 0.25) is 12.7 Å². The Kier molecular flexibility index (Phi) is 6.79. The maximum absolute atomic E-state index is 12.7. The summed E-state index contributed by atoms with van der Waals surface area (Å²) in [6, 6.07) is 12.9. The van der Waals surface area contributed by atoms with Gasteiger partial charge in [-0.1, -0.05) is 0 Å². The molecule has 4 rings (SSSR count). The van der Waals surface area contributed by atoms with Gasteiger partial charge in [0.05, 0.1) is 13.2 Å². The molecule has 8 heteroatoms. The third kappa shape index (κ3) is 5.39. The number of carbonyl (C=O) groups is 1. The second-order valence-electron chi connectivity index (χ2n) is 7.63. The number of rotatable bonds is 8. The van der Waals surface area contributed by atoms with Crippen LogP contribution in [-0.2, 0) is 4.79 Å². The van der Waals surface area contributed by atoms with Crippen molar-refractivity contribution in [2.45, 2.75) is 13.0 Å². The molecule has 0 radical (unpaired) electrons. The molecule has 0 spiro atoms. The molecule has 1 amide bonds. The van der Waals surface area contributed by atoms with Gasteiger partial charge >= 0.3 is 0 Å². The Hall–Kier alpha value is -2.97. The molecule has 1 fully saturated rings. The minimum Gasteiger partial charge on any atom is -0.497 e. The van der Waals surface area contributed by atoms with Gasteiger partial charge in [0, 0.05) is 44.5 Å². The Morgan fingerprint density at radius 3 is 2.48 bits per heavy atom. The molecule has 166 valence electrons. The molecule has 0 saturated carbocycles. The highest BCUT2D eigenvalue weighted by atomic mass is 16.7. The van der Waals surface area contributed by atoms with E-state index < -0.39 is 0 Å². The molecule has 2 heterocycles. The number of ether oxygens (including phenoxy) is 4. The van der Waals surface area contributed by atoms with Crippen molar-refractivity contribution < 1.29 is 23.7 Å². The molecule has 31 heavy (non-hydrogen) atoms. The predicted molar refractivity (Wildman–Crippen MR) is 117 cm³/mol. The van der Waals surface area contributed by atoms with Crippen LogP contribution in [0.25, 0.3) is 0 Å². The van der Waals surface area contributed by atoms with Gasteiger partial charge in [0.25, 0.3) is 0 Å². The lowest BCUT2D eigenvalue weighted by Crippen LogP contribution is -2.53. The fourth-order valence-corrected chi connectivity index (χ4v) is 3.73. The summed E-state index contributed by atoms with van der Waals surface area (Å²) < 4.78 is 21.7. The first kappa shape index (κ1) is 21.3. The molecule has 2 aliphatic heterocycles. The number of benzene rings is 2. The van der Waals surface area contributed by atoms with Gasteiger partial charge in [-0.15, -0.1) is 0 Å². The predicted octanol–water partition coefficient (Wildman–Crippen LogP) is 2.45. The first-order chi connectivity index (χ1) is 15.1. The summed E-state index contributed by atoms with van der Waals surface area (Å²) in [5.74, 6) is 3.01. The number of amides is 1. The number of piperazine rings is 1. The quantitative estimate of drug-likeness (QED) is 0.694. The Morgan fingerprint density at radius 2 is 1.74 bits per heavy atom. The zero-order chi connectivity index (χ0) is 21.6. The fourth-order valence-electron chi connectivity index (χ4n) is 3.73. The Morgan fingerprint density at radius 1 is 1.03 bits per heavy atom. The van der Waals surface area contributed by atoms with E-state index in [1.54, 1.807) is 13.2 Å². The second kappa shape index (κ2) is 9.89. The van der Waals surface area contributed by atoms with Crippen molar-refractivity contribution in [2.75, 3.05) is 58.6 Å². The average molecular weight is 428 g/mol. The third-order valence-corrected chi connectivity index (χ3v) is 5.71. The molecule has 0 aromatic heterocycles. The topological polar surface area (TPSA) is 72.5 Å². The largest absolute Gasteiger partial charge is 0.497 e. The smallest absolute Gasteiger partial charge is 0.241 e. The van der Waals surface area contributed by atoms with Gasteiger partial charge < -0.3 is 24.3 Å². The molecule has 2 aromatic rings. The highest BCUT2D eigenvalue weighted by molar-refractivity contribution is 5.94. The van der Waals surface area contributed by atoms with E-state index in [0.29, 0.717) is 18.1 Å². The summed E-state index contributed by atoms with van der Waals surface area (Å²) >= 11 is 0. The van der Waals surface area contributed by atoms with Crippen molar-refractivity contribution in [1.29, 1.82) is 0 Å². The second-order valence-corrected chi connectivity index (χ2v) is 7.63. The van der Waals surface area contributed by atoms with Crippen LogP contribution in [0.2, 0.25) is 0 Å². The van der Waals surface area contributed by atoms with Gasteiger partial charge in [-0.2, -0.15) is 0 Å². The van der Waals surface area contributed by atoms with E-state index in [-0.39, 0.29) is 18.7 Å². The van der Waals surface area contributed by atoms with E-state index in [9.17, 15) is 4.79 Å². The highest BCUT2D eigenvalue weighted by Crippen LogP contribution is 2.34.